The summed E-state index contributed by atoms with van der Waals surface area (Å²) in [4.78, 5) is 11.2. The van der Waals surface area contributed by atoms with Crippen molar-refractivity contribution in [2.24, 2.45) is 5.92 Å². The molecule has 1 rings (SSSR count). The molecule has 0 fully saturated rings. The highest BCUT2D eigenvalue weighted by atomic mass is 16.6. The minimum absolute atomic E-state index is 0.0677. The van der Waals surface area contributed by atoms with Crippen LogP contribution in [0.15, 0.2) is 0 Å². The minimum Gasteiger partial charge on any atom is -0.314 e. The Morgan fingerprint density at radius 3 is 2.38 bits per heavy atom. The average molecular weight is 296 g/mol. The van der Waals surface area contributed by atoms with Crippen molar-refractivity contribution in [2.45, 2.75) is 66.5 Å². The summed E-state index contributed by atoms with van der Waals surface area (Å²) in [6.45, 7) is 13.7. The molecule has 0 saturated carbocycles. The van der Waals surface area contributed by atoms with Crippen molar-refractivity contribution in [1.29, 1.82) is 0 Å². The van der Waals surface area contributed by atoms with Gasteiger partial charge in [0.15, 0.2) is 0 Å². The monoisotopic (exact) mass is 296 g/mol. The Kier molecular flexibility index (Phi) is 6.33. The van der Waals surface area contributed by atoms with Gasteiger partial charge in [0, 0.05) is 18.5 Å². The SMILES string of the molecule is CCCNC(C)C(c1c([N+](=O)[O-])c(C)nn1CC)C(C)C. The summed E-state index contributed by atoms with van der Waals surface area (Å²) >= 11 is 0. The molecule has 0 bridgehead atoms. The van der Waals surface area contributed by atoms with Crippen molar-refractivity contribution in [2.75, 3.05) is 6.54 Å². The van der Waals surface area contributed by atoms with Crippen LogP contribution in [0, 0.1) is 23.0 Å². The molecule has 2 unspecified atom stereocenters. The fraction of sp³-hybridized carbons (Fsp3) is 0.800. The van der Waals surface area contributed by atoms with E-state index in [0.29, 0.717) is 18.2 Å². The van der Waals surface area contributed by atoms with Crippen LogP contribution in [0.5, 0.6) is 0 Å². The Bertz CT molecular complexity index is 482. The molecular weight excluding hydrogens is 268 g/mol. The molecular formula is C15H28N4O2. The first-order chi connectivity index (χ1) is 9.84. The zero-order chi connectivity index (χ0) is 16.2. The molecule has 0 aromatic carbocycles. The van der Waals surface area contributed by atoms with E-state index in [1.807, 2.05) is 6.92 Å². The number of aryl methyl sites for hydroxylation is 2. The standard InChI is InChI=1S/C15H28N4O2/c1-7-9-16-11(5)13(10(3)4)15-14(19(20)21)12(6)17-18(15)8-2/h10-11,13,16H,7-9H2,1-6H3. The predicted octanol–water partition coefficient (Wildman–Crippen LogP) is 3.25. The van der Waals surface area contributed by atoms with E-state index in [-0.39, 0.29) is 22.6 Å². The molecule has 0 aliphatic rings. The van der Waals surface area contributed by atoms with Gasteiger partial charge in [-0.3, -0.25) is 14.8 Å². The molecule has 1 aromatic heterocycles. The first kappa shape index (κ1) is 17.6. The summed E-state index contributed by atoms with van der Waals surface area (Å²) in [7, 11) is 0. The Hall–Kier alpha value is -1.43. The van der Waals surface area contributed by atoms with Crippen LogP contribution in [-0.2, 0) is 6.54 Å². The van der Waals surface area contributed by atoms with Crippen LogP contribution >= 0.6 is 0 Å². The van der Waals surface area contributed by atoms with Crippen LogP contribution in [0.4, 0.5) is 5.69 Å². The van der Waals surface area contributed by atoms with E-state index in [1.54, 1.807) is 11.6 Å². The highest BCUT2D eigenvalue weighted by molar-refractivity contribution is 5.43. The summed E-state index contributed by atoms with van der Waals surface area (Å²) in [5, 5.41) is 19.3. The topological polar surface area (TPSA) is 73.0 Å². The van der Waals surface area contributed by atoms with E-state index in [2.05, 4.69) is 38.1 Å². The zero-order valence-corrected chi connectivity index (χ0v) is 14.0. The van der Waals surface area contributed by atoms with E-state index < -0.39 is 0 Å². The molecule has 6 nitrogen and oxygen atoms in total. The molecule has 0 saturated heterocycles. The van der Waals surface area contributed by atoms with Gasteiger partial charge in [0.05, 0.1) is 4.92 Å². The molecule has 0 aliphatic heterocycles. The molecule has 2 atom stereocenters. The molecule has 21 heavy (non-hydrogen) atoms. The maximum Gasteiger partial charge on any atom is 0.313 e. The molecule has 120 valence electrons. The molecule has 1 aromatic rings. The fourth-order valence-electron chi connectivity index (χ4n) is 3.02. The second-order valence-electron chi connectivity index (χ2n) is 5.90. The van der Waals surface area contributed by atoms with Crippen molar-refractivity contribution in [3.8, 4) is 0 Å². The number of aromatic nitrogens is 2. The number of rotatable bonds is 8. The number of nitrogens with zero attached hydrogens (tertiary/aromatic N) is 3. The third-order valence-corrected chi connectivity index (χ3v) is 3.91. The van der Waals surface area contributed by atoms with Crippen molar-refractivity contribution in [3.05, 3.63) is 21.5 Å². The average Bonchev–Trinajstić information content (AvgIpc) is 2.72. The summed E-state index contributed by atoms with van der Waals surface area (Å²) < 4.78 is 1.79. The maximum atomic E-state index is 11.5. The van der Waals surface area contributed by atoms with E-state index in [9.17, 15) is 10.1 Å². The second kappa shape index (κ2) is 7.54. The summed E-state index contributed by atoms with van der Waals surface area (Å²) in [5.74, 6) is 0.363. The Balaban J connectivity index is 3.33. The lowest BCUT2D eigenvalue weighted by atomic mass is 9.85. The van der Waals surface area contributed by atoms with Gasteiger partial charge in [-0.25, -0.2) is 0 Å². The van der Waals surface area contributed by atoms with Crippen LogP contribution in [0.1, 0.15) is 58.3 Å². The van der Waals surface area contributed by atoms with Gasteiger partial charge >= 0.3 is 5.69 Å². The molecule has 0 spiro atoms. The van der Waals surface area contributed by atoms with Crippen molar-refractivity contribution in [3.63, 3.8) is 0 Å². The van der Waals surface area contributed by atoms with E-state index in [4.69, 9.17) is 0 Å². The van der Waals surface area contributed by atoms with Crippen LogP contribution in [0.3, 0.4) is 0 Å². The summed E-state index contributed by atoms with van der Waals surface area (Å²) in [6, 6.07) is 0.171. The minimum atomic E-state index is -0.286. The molecule has 1 N–H and O–H groups in total. The zero-order valence-electron chi connectivity index (χ0n) is 14.0. The van der Waals surface area contributed by atoms with Gasteiger partial charge in [-0.05, 0) is 39.7 Å². The van der Waals surface area contributed by atoms with E-state index in [0.717, 1.165) is 18.7 Å². The van der Waals surface area contributed by atoms with Gasteiger partial charge in [0.2, 0.25) is 0 Å². The van der Waals surface area contributed by atoms with Gasteiger partial charge in [0.25, 0.3) is 0 Å². The lowest BCUT2D eigenvalue weighted by Gasteiger charge is -2.28. The normalized spacial score (nSPS) is 14.4. The number of hydrogen-bond donors (Lipinski definition) is 1. The molecule has 0 radical (unpaired) electrons. The van der Waals surface area contributed by atoms with Crippen molar-refractivity contribution < 1.29 is 4.92 Å². The Morgan fingerprint density at radius 2 is 1.95 bits per heavy atom. The van der Waals surface area contributed by atoms with Crippen LogP contribution in [-0.4, -0.2) is 27.3 Å². The first-order valence-corrected chi connectivity index (χ1v) is 7.80. The quantitative estimate of drug-likeness (QED) is 0.590. The molecule has 0 aliphatic carbocycles. The van der Waals surface area contributed by atoms with Gasteiger partial charge in [-0.2, -0.15) is 5.10 Å². The summed E-state index contributed by atoms with van der Waals surface area (Å²) in [5.41, 5.74) is 1.44. The van der Waals surface area contributed by atoms with E-state index in [1.165, 1.54) is 0 Å². The first-order valence-electron chi connectivity index (χ1n) is 7.80. The number of hydrogen-bond acceptors (Lipinski definition) is 4. The van der Waals surface area contributed by atoms with Crippen LogP contribution < -0.4 is 5.32 Å². The number of nitro groups is 1. The summed E-state index contributed by atoms with van der Waals surface area (Å²) in [6.07, 6.45) is 1.04. The highest BCUT2D eigenvalue weighted by Crippen LogP contribution is 2.36. The van der Waals surface area contributed by atoms with Gasteiger partial charge in [0.1, 0.15) is 11.4 Å². The maximum absolute atomic E-state index is 11.5. The van der Waals surface area contributed by atoms with Crippen LogP contribution in [0.25, 0.3) is 0 Å². The lowest BCUT2D eigenvalue weighted by Crippen LogP contribution is -2.36. The van der Waals surface area contributed by atoms with E-state index >= 15 is 0 Å². The van der Waals surface area contributed by atoms with Gasteiger partial charge in [-0.15, -0.1) is 0 Å². The highest BCUT2D eigenvalue weighted by Gasteiger charge is 2.35. The lowest BCUT2D eigenvalue weighted by molar-refractivity contribution is -0.386. The largest absolute Gasteiger partial charge is 0.314 e. The third-order valence-electron chi connectivity index (χ3n) is 3.91. The fourth-order valence-corrected chi connectivity index (χ4v) is 3.02. The molecule has 6 heteroatoms. The predicted molar refractivity (Wildman–Crippen MR) is 84.6 cm³/mol. The Labute approximate surface area is 127 Å². The van der Waals surface area contributed by atoms with Crippen LogP contribution in [0.2, 0.25) is 0 Å². The second-order valence-corrected chi connectivity index (χ2v) is 5.90. The molecule has 0 amide bonds. The molecule has 1 heterocycles. The Morgan fingerprint density at radius 1 is 1.33 bits per heavy atom. The van der Waals surface area contributed by atoms with Crippen molar-refractivity contribution >= 4 is 5.69 Å². The van der Waals surface area contributed by atoms with Crippen molar-refractivity contribution in [1.82, 2.24) is 15.1 Å². The number of nitrogens with one attached hydrogen (secondary N) is 1. The van der Waals surface area contributed by atoms with Gasteiger partial charge < -0.3 is 5.32 Å². The van der Waals surface area contributed by atoms with Gasteiger partial charge in [-0.1, -0.05) is 20.8 Å². The smallest absolute Gasteiger partial charge is 0.313 e. The third kappa shape index (κ3) is 3.81.